The SMILES string of the molecule is CC1CN(C(=O)c2ccc(CCl)cc2)CCO1. The summed E-state index contributed by atoms with van der Waals surface area (Å²) in [6.07, 6.45) is 0.120. The number of nitrogens with zero attached hydrogens (tertiary/aromatic N) is 1. The van der Waals surface area contributed by atoms with Crippen molar-refractivity contribution in [1.29, 1.82) is 0 Å². The number of ether oxygens (including phenoxy) is 1. The van der Waals surface area contributed by atoms with Crippen LogP contribution in [0.3, 0.4) is 0 Å². The van der Waals surface area contributed by atoms with Gasteiger partial charge in [-0.2, -0.15) is 0 Å². The Morgan fingerprint density at radius 1 is 1.47 bits per heavy atom. The Morgan fingerprint density at radius 2 is 2.18 bits per heavy atom. The molecule has 3 nitrogen and oxygen atoms in total. The van der Waals surface area contributed by atoms with Crippen LogP contribution in [0, 0.1) is 0 Å². The second-order valence-electron chi connectivity index (χ2n) is 4.26. The Bertz CT molecular complexity index is 391. The second-order valence-corrected chi connectivity index (χ2v) is 4.53. The van der Waals surface area contributed by atoms with E-state index in [4.69, 9.17) is 16.3 Å². The summed E-state index contributed by atoms with van der Waals surface area (Å²) in [5, 5.41) is 0. The maximum Gasteiger partial charge on any atom is 0.254 e. The molecule has 2 rings (SSSR count). The first-order chi connectivity index (χ1) is 8.20. The average molecular weight is 254 g/mol. The van der Waals surface area contributed by atoms with Crippen molar-refractivity contribution >= 4 is 17.5 Å². The fraction of sp³-hybridized carbons (Fsp3) is 0.462. The highest BCUT2D eigenvalue weighted by molar-refractivity contribution is 6.17. The second kappa shape index (κ2) is 5.52. The van der Waals surface area contributed by atoms with Crippen LogP contribution >= 0.6 is 11.6 Å². The van der Waals surface area contributed by atoms with Crippen LogP contribution < -0.4 is 0 Å². The zero-order valence-electron chi connectivity index (χ0n) is 9.86. The van der Waals surface area contributed by atoms with E-state index in [-0.39, 0.29) is 12.0 Å². The number of benzene rings is 1. The largest absolute Gasteiger partial charge is 0.375 e. The molecule has 0 spiro atoms. The first-order valence-corrected chi connectivity index (χ1v) is 6.30. The third-order valence-electron chi connectivity index (χ3n) is 2.88. The molecule has 17 heavy (non-hydrogen) atoms. The summed E-state index contributed by atoms with van der Waals surface area (Å²) in [4.78, 5) is 14.0. The molecule has 0 bridgehead atoms. The predicted octanol–water partition coefficient (Wildman–Crippen LogP) is 2.29. The highest BCUT2D eigenvalue weighted by atomic mass is 35.5. The van der Waals surface area contributed by atoms with Crippen LogP contribution in [-0.2, 0) is 10.6 Å². The number of halogens is 1. The fourth-order valence-corrected chi connectivity index (χ4v) is 2.10. The van der Waals surface area contributed by atoms with Crippen molar-refractivity contribution in [3.05, 3.63) is 35.4 Å². The van der Waals surface area contributed by atoms with Gasteiger partial charge in [-0.3, -0.25) is 4.79 Å². The van der Waals surface area contributed by atoms with Gasteiger partial charge in [-0.15, -0.1) is 11.6 Å². The standard InChI is InChI=1S/C13H16ClNO2/c1-10-9-15(6-7-17-10)13(16)12-4-2-11(8-14)3-5-12/h2-5,10H,6-9H2,1H3. The summed E-state index contributed by atoms with van der Waals surface area (Å²) in [5.74, 6) is 0.546. The molecule has 1 atom stereocenters. The van der Waals surface area contributed by atoms with Gasteiger partial charge in [-0.05, 0) is 24.6 Å². The van der Waals surface area contributed by atoms with Gasteiger partial charge >= 0.3 is 0 Å². The zero-order chi connectivity index (χ0) is 12.3. The van der Waals surface area contributed by atoms with Crippen molar-refractivity contribution in [2.75, 3.05) is 19.7 Å². The zero-order valence-corrected chi connectivity index (χ0v) is 10.6. The summed E-state index contributed by atoms with van der Waals surface area (Å²) in [6, 6.07) is 7.45. The van der Waals surface area contributed by atoms with E-state index in [9.17, 15) is 4.79 Å². The molecule has 1 saturated heterocycles. The summed E-state index contributed by atoms with van der Waals surface area (Å²) in [5.41, 5.74) is 1.74. The molecule has 0 aromatic heterocycles. The van der Waals surface area contributed by atoms with Crippen LogP contribution in [0.25, 0.3) is 0 Å². The number of morpholine rings is 1. The van der Waals surface area contributed by atoms with Crippen molar-refractivity contribution in [3.8, 4) is 0 Å². The van der Waals surface area contributed by atoms with E-state index in [0.29, 0.717) is 31.1 Å². The maximum atomic E-state index is 12.2. The molecular weight excluding hydrogens is 238 g/mol. The normalized spacial score (nSPS) is 20.4. The smallest absolute Gasteiger partial charge is 0.254 e. The topological polar surface area (TPSA) is 29.5 Å². The summed E-state index contributed by atoms with van der Waals surface area (Å²) >= 11 is 5.71. The lowest BCUT2D eigenvalue weighted by molar-refractivity contribution is -0.0124. The van der Waals surface area contributed by atoms with Crippen LogP contribution in [0.4, 0.5) is 0 Å². The Hall–Kier alpha value is -1.06. The van der Waals surface area contributed by atoms with E-state index >= 15 is 0 Å². The van der Waals surface area contributed by atoms with Gasteiger partial charge in [0, 0.05) is 24.5 Å². The van der Waals surface area contributed by atoms with Gasteiger partial charge in [-0.1, -0.05) is 12.1 Å². The Balaban J connectivity index is 2.07. The monoisotopic (exact) mass is 253 g/mol. The van der Waals surface area contributed by atoms with Gasteiger partial charge in [-0.25, -0.2) is 0 Å². The molecule has 1 unspecified atom stereocenters. The lowest BCUT2D eigenvalue weighted by Gasteiger charge is -2.31. The Morgan fingerprint density at radius 3 is 2.76 bits per heavy atom. The summed E-state index contributed by atoms with van der Waals surface area (Å²) in [7, 11) is 0. The molecular formula is C13H16ClNO2. The van der Waals surface area contributed by atoms with E-state index in [1.807, 2.05) is 36.1 Å². The van der Waals surface area contributed by atoms with E-state index in [1.165, 1.54) is 0 Å². The number of carbonyl (C=O) groups excluding carboxylic acids is 1. The molecule has 1 aliphatic heterocycles. The molecule has 92 valence electrons. The molecule has 0 saturated carbocycles. The van der Waals surface area contributed by atoms with Gasteiger partial charge in [0.25, 0.3) is 5.91 Å². The molecule has 1 heterocycles. The number of alkyl halides is 1. The number of hydrogen-bond donors (Lipinski definition) is 0. The first kappa shape index (κ1) is 12.4. The van der Waals surface area contributed by atoms with Crippen molar-refractivity contribution in [2.45, 2.75) is 18.9 Å². The number of hydrogen-bond acceptors (Lipinski definition) is 2. The molecule has 1 aromatic carbocycles. The van der Waals surface area contributed by atoms with Crippen LogP contribution in [0.2, 0.25) is 0 Å². The van der Waals surface area contributed by atoms with Crippen LogP contribution in [0.15, 0.2) is 24.3 Å². The minimum Gasteiger partial charge on any atom is -0.375 e. The van der Waals surface area contributed by atoms with Gasteiger partial charge in [0.2, 0.25) is 0 Å². The molecule has 1 aliphatic rings. The van der Waals surface area contributed by atoms with Crippen LogP contribution in [0.5, 0.6) is 0 Å². The quantitative estimate of drug-likeness (QED) is 0.757. The lowest BCUT2D eigenvalue weighted by atomic mass is 10.1. The number of rotatable bonds is 2. The molecule has 0 N–H and O–H groups in total. The van der Waals surface area contributed by atoms with Crippen LogP contribution in [-0.4, -0.2) is 36.6 Å². The van der Waals surface area contributed by atoms with Gasteiger partial charge in [0.15, 0.2) is 0 Å². The minimum absolute atomic E-state index is 0.0706. The summed E-state index contributed by atoms with van der Waals surface area (Å²) in [6.45, 7) is 3.93. The van der Waals surface area contributed by atoms with Crippen molar-refractivity contribution in [1.82, 2.24) is 4.90 Å². The lowest BCUT2D eigenvalue weighted by Crippen LogP contribution is -2.44. The fourth-order valence-electron chi connectivity index (χ4n) is 1.92. The highest BCUT2D eigenvalue weighted by Crippen LogP contribution is 2.12. The molecule has 4 heteroatoms. The maximum absolute atomic E-state index is 12.2. The number of carbonyl (C=O) groups is 1. The molecule has 1 amide bonds. The third-order valence-corrected chi connectivity index (χ3v) is 3.19. The molecule has 1 aromatic rings. The van der Waals surface area contributed by atoms with Crippen molar-refractivity contribution < 1.29 is 9.53 Å². The molecule has 1 fully saturated rings. The number of amides is 1. The van der Waals surface area contributed by atoms with Crippen molar-refractivity contribution in [3.63, 3.8) is 0 Å². The molecule has 0 radical (unpaired) electrons. The van der Waals surface area contributed by atoms with E-state index < -0.39 is 0 Å². The Kier molecular flexibility index (Phi) is 4.02. The molecule has 0 aliphatic carbocycles. The van der Waals surface area contributed by atoms with Gasteiger partial charge in [0.05, 0.1) is 12.7 Å². The van der Waals surface area contributed by atoms with Gasteiger partial charge in [0.1, 0.15) is 0 Å². The minimum atomic E-state index is 0.0706. The van der Waals surface area contributed by atoms with Gasteiger partial charge < -0.3 is 9.64 Å². The van der Waals surface area contributed by atoms with Crippen molar-refractivity contribution in [2.24, 2.45) is 0 Å². The van der Waals surface area contributed by atoms with E-state index in [1.54, 1.807) is 0 Å². The first-order valence-electron chi connectivity index (χ1n) is 5.76. The summed E-state index contributed by atoms with van der Waals surface area (Å²) < 4.78 is 5.42. The predicted molar refractivity (Wildman–Crippen MR) is 67.3 cm³/mol. The van der Waals surface area contributed by atoms with E-state index in [2.05, 4.69) is 0 Å². The Labute approximate surface area is 106 Å². The van der Waals surface area contributed by atoms with Crippen LogP contribution in [0.1, 0.15) is 22.8 Å². The highest BCUT2D eigenvalue weighted by Gasteiger charge is 2.22. The third kappa shape index (κ3) is 2.99. The van der Waals surface area contributed by atoms with E-state index in [0.717, 1.165) is 5.56 Å². The average Bonchev–Trinajstić information content (AvgIpc) is 2.38.